The minimum absolute atomic E-state index is 0. The SMILES string of the molecule is COC(=O)c1ccc(OC)c(S(=O)(=O)NCC2NCCc3ccccc32)c1.Cl. The molecule has 0 saturated heterocycles. The van der Waals surface area contributed by atoms with E-state index in [-0.39, 0.29) is 41.2 Å². The van der Waals surface area contributed by atoms with Crippen molar-refractivity contribution in [1.29, 1.82) is 0 Å². The average Bonchev–Trinajstić information content (AvgIpc) is 2.71. The molecular weight excluding hydrogens is 404 g/mol. The van der Waals surface area contributed by atoms with Crippen molar-refractivity contribution in [2.24, 2.45) is 0 Å². The van der Waals surface area contributed by atoms with Gasteiger partial charge in [-0.3, -0.25) is 0 Å². The number of halogens is 1. The summed E-state index contributed by atoms with van der Waals surface area (Å²) in [6.45, 7) is 0.968. The van der Waals surface area contributed by atoms with Gasteiger partial charge in [-0.1, -0.05) is 24.3 Å². The molecule has 0 fully saturated rings. The lowest BCUT2D eigenvalue weighted by Gasteiger charge is -2.27. The highest BCUT2D eigenvalue weighted by Crippen LogP contribution is 2.26. The van der Waals surface area contributed by atoms with E-state index in [4.69, 9.17) is 4.74 Å². The normalized spacial score (nSPS) is 15.9. The molecule has 152 valence electrons. The van der Waals surface area contributed by atoms with Crippen molar-refractivity contribution in [2.75, 3.05) is 27.3 Å². The number of hydrogen-bond acceptors (Lipinski definition) is 6. The number of methoxy groups -OCH3 is 2. The number of esters is 1. The summed E-state index contributed by atoms with van der Waals surface area (Å²) < 4.78 is 38.2. The van der Waals surface area contributed by atoms with Crippen molar-refractivity contribution in [2.45, 2.75) is 17.4 Å². The largest absolute Gasteiger partial charge is 0.495 e. The van der Waals surface area contributed by atoms with Gasteiger partial charge in [0.25, 0.3) is 0 Å². The Kier molecular flexibility index (Phi) is 7.42. The van der Waals surface area contributed by atoms with E-state index in [0.717, 1.165) is 18.5 Å². The van der Waals surface area contributed by atoms with Gasteiger partial charge in [0.15, 0.2) is 0 Å². The Labute approximate surface area is 170 Å². The van der Waals surface area contributed by atoms with Gasteiger partial charge < -0.3 is 14.8 Å². The van der Waals surface area contributed by atoms with Crippen LogP contribution < -0.4 is 14.8 Å². The van der Waals surface area contributed by atoms with Gasteiger partial charge in [0.1, 0.15) is 10.6 Å². The number of hydrogen-bond donors (Lipinski definition) is 2. The maximum absolute atomic E-state index is 12.9. The summed E-state index contributed by atoms with van der Waals surface area (Å²) in [4.78, 5) is 11.6. The zero-order valence-electron chi connectivity index (χ0n) is 15.6. The highest BCUT2D eigenvalue weighted by atomic mass is 35.5. The minimum atomic E-state index is -3.89. The zero-order chi connectivity index (χ0) is 19.4. The molecule has 0 spiro atoms. The van der Waals surface area contributed by atoms with Crippen LogP contribution in [0.15, 0.2) is 47.4 Å². The summed E-state index contributed by atoms with van der Waals surface area (Å²) in [6.07, 6.45) is 0.911. The lowest BCUT2D eigenvalue weighted by molar-refractivity contribution is 0.0600. The molecule has 7 nitrogen and oxygen atoms in total. The van der Waals surface area contributed by atoms with Crippen LogP contribution in [0.1, 0.15) is 27.5 Å². The molecule has 28 heavy (non-hydrogen) atoms. The first-order valence-electron chi connectivity index (χ1n) is 8.53. The van der Waals surface area contributed by atoms with Crippen LogP contribution in [0.4, 0.5) is 0 Å². The molecule has 1 unspecified atom stereocenters. The lowest BCUT2D eigenvalue weighted by atomic mass is 9.95. The highest BCUT2D eigenvalue weighted by Gasteiger charge is 2.25. The first-order valence-corrected chi connectivity index (χ1v) is 10.0. The molecule has 0 radical (unpaired) electrons. The molecule has 0 aromatic heterocycles. The summed E-state index contributed by atoms with van der Waals surface area (Å²) in [5.74, 6) is -0.455. The average molecular weight is 427 g/mol. The van der Waals surface area contributed by atoms with Gasteiger partial charge >= 0.3 is 5.97 Å². The predicted molar refractivity (Wildman–Crippen MR) is 108 cm³/mol. The second-order valence-corrected chi connectivity index (χ2v) is 7.90. The summed E-state index contributed by atoms with van der Waals surface area (Å²) in [6, 6.07) is 12.0. The quantitative estimate of drug-likeness (QED) is 0.687. The van der Waals surface area contributed by atoms with E-state index in [0.29, 0.717) is 0 Å². The topological polar surface area (TPSA) is 93.7 Å². The number of ether oxygens (including phenoxy) is 2. The van der Waals surface area contributed by atoms with Crippen LogP contribution in [0.3, 0.4) is 0 Å². The first-order chi connectivity index (χ1) is 13.0. The predicted octanol–water partition coefficient (Wildman–Crippen LogP) is 2.07. The third-order valence-corrected chi connectivity index (χ3v) is 6.01. The fourth-order valence-corrected chi connectivity index (χ4v) is 4.42. The molecule has 2 aromatic rings. The molecule has 0 saturated carbocycles. The van der Waals surface area contributed by atoms with E-state index in [1.54, 1.807) is 0 Å². The Bertz CT molecular complexity index is 949. The summed E-state index contributed by atoms with van der Waals surface area (Å²) >= 11 is 0. The number of fused-ring (bicyclic) bond motifs is 1. The Morgan fingerprint density at radius 1 is 1.21 bits per heavy atom. The van der Waals surface area contributed by atoms with Crippen LogP contribution in [0, 0.1) is 0 Å². The summed E-state index contributed by atoms with van der Waals surface area (Å²) in [5.41, 5.74) is 2.44. The maximum atomic E-state index is 12.9. The standard InChI is InChI=1S/C19H22N2O5S.ClH/c1-25-17-8-7-14(19(22)26-2)11-18(17)27(23,24)21-12-16-15-6-4-3-5-13(15)9-10-20-16;/h3-8,11,16,20-21H,9-10,12H2,1-2H3;1H. The monoisotopic (exact) mass is 426 g/mol. The first kappa shape index (κ1) is 22.2. The van der Waals surface area contributed by atoms with Crippen LogP contribution in [-0.2, 0) is 21.2 Å². The van der Waals surface area contributed by atoms with Crippen molar-refractivity contribution in [3.8, 4) is 5.75 Å². The Morgan fingerprint density at radius 2 is 1.96 bits per heavy atom. The van der Waals surface area contributed by atoms with Crippen LogP contribution in [-0.4, -0.2) is 41.7 Å². The van der Waals surface area contributed by atoms with Crippen molar-refractivity contribution >= 4 is 28.4 Å². The van der Waals surface area contributed by atoms with E-state index in [2.05, 4.69) is 20.8 Å². The molecule has 3 rings (SSSR count). The van der Waals surface area contributed by atoms with Gasteiger partial charge in [0, 0.05) is 12.6 Å². The number of sulfonamides is 1. The Balaban J connectivity index is 0.00000280. The second kappa shape index (κ2) is 9.38. The lowest BCUT2D eigenvalue weighted by Crippen LogP contribution is -2.38. The van der Waals surface area contributed by atoms with Gasteiger partial charge in [-0.2, -0.15) is 0 Å². The maximum Gasteiger partial charge on any atom is 0.337 e. The summed E-state index contributed by atoms with van der Waals surface area (Å²) in [5, 5.41) is 3.33. The van der Waals surface area contributed by atoms with Gasteiger partial charge in [-0.25, -0.2) is 17.9 Å². The van der Waals surface area contributed by atoms with Gasteiger partial charge in [-0.05, 0) is 42.3 Å². The molecule has 2 aromatic carbocycles. The van der Waals surface area contributed by atoms with Crippen LogP contribution in [0.25, 0.3) is 0 Å². The molecule has 1 aliphatic heterocycles. The Hall–Kier alpha value is -2.13. The second-order valence-electron chi connectivity index (χ2n) is 6.16. The van der Waals surface area contributed by atoms with E-state index < -0.39 is 16.0 Å². The number of carbonyl (C=O) groups is 1. The van der Waals surface area contributed by atoms with Gasteiger partial charge in [0.2, 0.25) is 10.0 Å². The summed E-state index contributed by atoms with van der Waals surface area (Å²) in [7, 11) is -1.27. The van der Waals surface area contributed by atoms with Crippen molar-refractivity contribution < 1.29 is 22.7 Å². The minimum Gasteiger partial charge on any atom is -0.495 e. The smallest absolute Gasteiger partial charge is 0.337 e. The van der Waals surface area contributed by atoms with E-state index >= 15 is 0 Å². The molecular formula is C19H23ClN2O5S. The molecule has 0 amide bonds. The van der Waals surface area contributed by atoms with Gasteiger partial charge in [-0.15, -0.1) is 12.4 Å². The molecule has 9 heteroatoms. The number of rotatable bonds is 6. The third kappa shape index (κ3) is 4.64. The molecule has 2 N–H and O–H groups in total. The Morgan fingerprint density at radius 3 is 2.68 bits per heavy atom. The van der Waals surface area contributed by atoms with Crippen LogP contribution in [0.2, 0.25) is 0 Å². The van der Waals surface area contributed by atoms with Gasteiger partial charge in [0.05, 0.1) is 19.8 Å². The van der Waals surface area contributed by atoms with E-state index in [9.17, 15) is 13.2 Å². The molecule has 0 bridgehead atoms. The fraction of sp³-hybridized carbons (Fsp3) is 0.316. The molecule has 1 atom stereocenters. The number of carbonyl (C=O) groups excluding carboxylic acids is 1. The van der Waals surface area contributed by atoms with Crippen LogP contribution in [0.5, 0.6) is 5.75 Å². The molecule has 1 aliphatic rings. The molecule has 1 heterocycles. The molecule has 0 aliphatic carbocycles. The van der Waals surface area contributed by atoms with Crippen molar-refractivity contribution in [1.82, 2.24) is 10.0 Å². The van der Waals surface area contributed by atoms with E-state index in [1.807, 2.05) is 18.2 Å². The van der Waals surface area contributed by atoms with Crippen molar-refractivity contribution in [3.05, 3.63) is 59.2 Å². The fourth-order valence-electron chi connectivity index (χ4n) is 3.18. The highest BCUT2D eigenvalue weighted by molar-refractivity contribution is 7.89. The zero-order valence-corrected chi connectivity index (χ0v) is 17.2. The number of nitrogens with one attached hydrogen (secondary N) is 2. The van der Waals surface area contributed by atoms with Crippen LogP contribution >= 0.6 is 12.4 Å². The number of benzene rings is 2. The van der Waals surface area contributed by atoms with Crippen molar-refractivity contribution in [3.63, 3.8) is 0 Å². The van der Waals surface area contributed by atoms with E-state index in [1.165, 1.54) is 38.0 Å². The third-order valence-electron chi connectivity index (χ3n) is 4.57.